The second-order valence-corrected chi connectivity index (χ2v) is 0.916. The average molecular weight is 124 g/mol. The van der Waals surface area contributed by atoms with E-state index in [-0.39, 0.29) is 12.4 Å². The lowest BCUT2D eigenvalue weighted by molar-refractivity contribution is 0.260. The summed E-state index contributed by atoms with van der Waals surface area (Å²) in [6, 6.07) is 0. The van der Waals surface area contributed by atoms with Gasteiger partial charge in [-0.2, -0.15) is 5.90 Å². The van der Waals surface area contributed by atoms with E-state index >= 15 is 0 Å². The van der Waals surface area contributed by atoms with Gasteiger partial charge < -0.3 is 4.84 Å². The first-order chi connectivity index (χ1) is 2.91. The van der Waals surface area contributed by atoms with Gasteiger partial charge in [-0.1, -0.05) is 6.92 Å². The van der Waals surface area contributed by atoms with Gasteiger partial charge >= 0.3 is 0 Å². The minimum absolute atomic E-state index is 0. The molecule has 0 aromatic carbocycles. The third-order valence-corrected chi connectivity index (χ3v) is 0.410. The highest BCUT2D eigenvalue weighted by molar-refractivity contribution is 5.85. The molecule has 0 aliphatic rings. The van der Waals surface area contributed by atoms with Crippen LogP contribution in [-0.2, 0) is 4.84 Å². The van der Waals surface area contributed by atoms with Gasteiger partial charge in [0.25, 0.3) is 0 Å². The van der Waals surface area contributed by atoms with Crippen molar-refractivity contribution in [2.75, 3.05) is 0 Å². The maximum atomic E-state index is 4.63. The van der Waals surface area contributed by atoms with Gasteiger partial charge in [0.15, 0.2) is 0 Å². The van der Waals surface area contributed by atoms with E-state index in [1.165, 1.54) is 6.26 Å². The van der Waals surface area contributed by atoms with Gasteiger partial charge in [-0.25, -0.2) is 0 Å². The Morgan fingerprint density at radius 1 is 1.71 bits per heavy atom. The van der Waals surface area contributed by atoms with Crippen LogP contribution in [0.5, 0.6) is 0 Å². The number of hydrogen-bond donors (Lipinski definition) is 1. The van der Waals surface area contributed by atoms with Crippen molar-refractivity contribution >= 4 is 12.4 Å². The molecule has 2 nitrogen and oxygen atoms in total. The van der Waals surface area contributed by atoms with Crippen molar-refractivity contribution in [1.82, 2.24) is 0 Å². The molecular weight excluding hydrogens is 114 g/mol. The summed E-state index contributed by atoms with van der Waals surface area (Å²) in [6.45, 7) is 2.01. The van der Waals surface area contributed by atoms with Crippen LogP contribution in [0.25, 0.3) is 0 Å². The van der Waals surface area contributed by atoms with E-state index in [1.807, 2.05) is 13.0 Å². The predicted octanol–water partition coefficient (Wildman–Crippen LogP) is 1.22. The third kappa shape index (κ3) is 10.7. The molecule has 0 aromatic rings. The largest absolute Gasteiger partial charge is 0.420 e. The molecule has 0 heterocycles. The van der Waals surface area contributed by atoms with Gasteiger partial charge in [0.2, 0.25) is 0 Å². The van der Waals surface area contributed by atoms with Crippen LogP contribution in [0.4, 0.5) is 0 Å². The quantitative estimate of drug-likeness (QED) is 0.443. The Hall–Kier alpha value is -0.210. The Labute approximate surface area is 49.7 Å². The molecule has 0 fully saturated rings. The van der Waals surface area contributed by atoms with Gasteiger partial charge in [0.05, 0.1) is 0 Å². The molecule has 2 N–H and O–H groups in total. The van der Waals surface area contributed by atoms with Gasteiger partial charge in [0.1, 0.15) is 6.26 Å². The molecule has 0 saturated heterocycles. The van der Waals surface area contributed by atoms with Gasteiger partial charge in [0, 0.05) is 0 Å². The molecule has 0 saturated carbocycles. The van der Waals surface area contributed by atoms with Crippen LogP contribution in [0.1, 0.15) is 13.3 Å². The van der Waals surface area contributed by atoms with Crippen molar-refractivity contribution in [3.63, 3.8) is 0 Å². The first kappa shape index (κ1) is 9.92. The molecule has 3 heteroatoms. The summed E-state index contributed by atoms with van der Waals surface area (Å²) < 4.78 is 0. The molecule has 0 aliphatic heterocycles. The molecule has 0 radical (unpaired) electrons. The Morgan fingerprint density at radius 2 is 2.29 bits per heavy atom. The van der Waals surface area contributed by atoms with E-state index in [2.05, 4.69) is 10.7 Å². The SMILES string of the molecule is CCC=CON.Cl. The maximum absolute atomic E-state index is 4.63. The van der Waals surface area contributed by atoms with Crippen molar-refractivity contribution in [3.8, 4) is 0 Å². The highest BCUT2D eigenvalue weighted by Crippen LogP contribution is 1.74. The highest BCUT2D eigenvalue weighted by atomic mass is 35.5. The number of rotatable bonds is 2. The van der Waals surface area contributed by atoms with Crippen LogP contribution < -0.4 is 5.90 Å². The standard InChI is InChI=1S/C4H9NO.ClH/c1-2-3-4-6-5;/h3-4H,2,5H2,1H3;1H. The monoisotopic (exact) mass is 123 g/mol. The Morgan fingerprint density at radius 3 is 2.43 bits per heavy atom. The fraction of sp³-hybridized carbons (Fsp3) is 0.500. The zero-order valence-corrected chi connectivity index (χ0v) is 5.07. The summed E-state index contributed by atoms with van der Waals surface area (Å²) in [5.74, 6) is 4.63. The van der Waals surface area contributed by atoms with E-state index < -0.39 is 0 Å². The van der Waals surface area contributed by atoms with Gasteiger partial charge in [-0.3, -0.25) is 0 Å². The molecule has 0 unspecified atom stereocenters. The lowest BCUT2D eigenvalue weighted by atomic mass is 10.5. The zero-order chi connectivity index (χ0) is 4.83. The van der Waals surface area contributed by atoms with E-state index in [1.54, 1.807) is 0 Å². The maximum Gasteiger partial charge on any atom is 0.106 e. The molecular formula is C4H10ClNO. The van der Waals surface area contributed by atoms with Crippen LogP contribution in [0.15, 0.2) is 12.3 Å². The zero-order valence-electron chi connectivity index (χ0n) is 4.26. The highest BCUT2D eigenvalue weighted by Gasteiger charge is 1.59. The Kier molecular flexibility index (Phi) is 13.1. The normalized spacial score (nSPS) is 8.29. The van der Waals surface area contributed by atoms with Crippen LogP contribution in [0.3, 0.4) is 0 Å². The summed E-state index contributed by atoms with van der Waals surface area (Å²) in [5, 5.41) is 0. The summed E-state index contributed by atoms with van der Waals surface area (Å²) in [4.78, 5) is 4.10. The fourth-order valence-electron chi connectivity index (χ4n) is 0.152. The molecule has 7 heavy (non-hydrogen) atoms. The molecule has 0 rings (SSSR count). The van der Waals surface area contributed by atoms with Crippen molar-refractivity contribution < 1.29 is 4.84 Å². The molecule has 0 spiro atoms. The summed E-state index contributed by atoms with van der Waals surface area (Å²) >= 11 is 0. The second-order valence-electron chi connectivity index (χ2n) is 0.916. The van der Waals surface area contributed by atoms with Crippen molar-refractivity contribution in [2.24, 2.45) is 5.90 Å². The summed E-state index contributed by atoms with van der Waals surface area (Å²) in [7, 11) is 0. The number of allylic oxidation sites excluding steroid dienone is 1. The topological polar surface area (TPSA) is 35.2 Å². The molecule has 0 aliphatic carbocycles. The second kappa shape index (κ2) is 9.25. The van der Waals surface area contributed by atoms with E-state index in [0.717, 1.165) is 6.42 Å². The minimum Gasteiger partial charge on any atom is -0.420 e. The summed E-state index contributed by atoms with van der Waals surface area (Å²) in [5.41, 5.74) is 0. The molecule has 44 valence electrons. The van der Waals surface area contributed by atoms with Crippen LogP contribution in [0.2, 0.25) is 0 Å². The van der Waals surface area contributed by atoms with E-state index in [9.17, 15) is 0 Å². The minimum atomic E-state index is 0. The smallest absolute Gasteiger partial charge is 0.106 e. The number of nitrogens with two attached hydrogens (primary N) is 1. The number of halogens is 1. The Bertz CT molecular complexity index is 41.0. The first-order valence-electron chi connectivity index (χ1n) is 1.92. The summed E-state index contributed by atoms with van der Waals surface area (Å²) in [6.07, 6.45) is 4.26. The van der Waals surface area contributed by atoms with Crippen LogP contribution in [-0.4, -0.2) is 0 Å². The van der Waals surface area contributed by atoms with Crippen molar-refractivity contribution in [1.29, 1.82) is 0 Å². The van der Waals surface area contributed by atoms with E-state index in [0.29, 0.717) is 0 Å². The molecule has 0 amide bonds. The predicted molar refractivity (Wildman–Crippen MR) is 32.0 cm³/mol. The Balaban J connectivity index is 0. The fourth-order valence-corrected chi connectivity index (χ4v) is 0.152. The van der Waals surface area contributed by atoms with Crippen molar-refractivity contribution in [3.05, 3.63) is 12.3 Å². The molecule has 0 bridgehead atoms. The first-order valence-corrected chi connectivity index (χ1v) is 1.92. The van der Waals surface area contributed by atoms with Gasteiger partial charge in [-0.15, -0.1) is 12.4 Å². The molecule has 0 aromatic heterocycles. The lowest BCUT2D eigenvalue weighted by Crippen LogP contribution is -1.86. The van der Waals surface area contributed by atoms with Crippen LogP contribution in [0, 0.1) is 0 Å². The van der Waals surface area contributed by atoms with Crippen molar-refractivity contribution in [2.45, 2.75) is 13.3 Å². The number of hydrogen-bond acceptors (Lipinski definition) is 2. The van der Waals surface area contributed by atoms with Crippen LogP contribution >= 0.6 is 12.4 Å². The van der Waals surface area contributed by atoms with Gasteiger partial charge in [-0.05, 0) is 12.5 Å². The third-order valence-electron chi connectivity index (χ3n) is 0.410. The molecule has 0 atom stereocenters. The average Bonchev–Trinajstić information content (AvgIpc) is 1.61. The lowest BCUT2D eigenvalue weighted by Gasteiger charge is -1.79. The van der Waals surface area contributed by atoms with E-state index in [4.69, 9.17) is 0 Å².